The van der Waals surface area contributed by atoms with Crippen molar-refractivity contribution in [3.05, 3.63) is 29.8 Å². The summed E-state index contributed by atoms with van der Waals surface area (Å²) in [6, 6.07) is 8.95. The molecule has 0 aliphatic heterocycles. The minimum Gasteiger partial charge on any atom is -0.497 e. The van der Waals surface area contributed by atoms with Crippen molar-refractivity contribution >= 4 is 0 Å². The van der Waals surface area contributed by atoms with E-state index >= 15 is 0 Å². The molecule has 1 N–H and O–H groups in total. The fourth-order valence-corrected chi connectivity index (χ4v) is 2.46. The summed E-state index contributed by atoms with van der Waals surface area (Å²) in [5, 5.41) is 3.44. The number of hydrogen-bond acceptors (Lipinski definition) is 3. The van der Waals surface area contributed by atoms with Crippen LogP contribution in [0.5, 0.6) is 5.75 Å². The van der Waals surface area contributed by atoms with Crippen LogP contribution in [0.1, 0.15) is 18.4 Å². The maximum atomic E-state index is 5.26. The van der Waals surface area contributed by atoms with Gasteiger partial charge in [-0.3, -0.25) is 0 Å². The summed E-state index contributed by atoms with van der Waals surface area (Å²) >= 11 is 0. The molecule has 1 aliphatic carbocycles. The summed E-state index contributed by atoms with van der Waals surface area (Å²) in [5.74, 6) is 1.83. The van der Waals surface area contributed by atoms with E-state index in [9.17, 15) is 0 Å². The molecule has 1 atom stereocenters. The Hall–Kier alpha value is -1.06. The first kappa shape index (κ1) is 13.4. The molecule has 2 rings (SSSR count). The second-order valence-electron chi connectivity index (χ2n) is 5.28. The maximum absolute atomic E-state index is 5.26. The zero-order chi connectivity index (χ0) is 13.0. The summed E-state index contributed by atoms with van der Waals surface area (Å²) in [6.45, 7) is 2.08. The van der Waals surface area contributed by atoms with Crippen LogP contribution in [0.25, 0.3) is 0 Å². The summed E-state index contributed by atoms with van der Waals surface area (Å²) in [6.07, 6.45) is 2.77. The molecule has 1 aromatic rings. The highest BCUT2D eigenvalue weighted by atomic mass is 16.5. The van der Waals surface area contributed by atoms with Crippen LogP contribution in [0.4, 0.5) is 0 Å². The maximum Gasteiger partial charge on any atom is 0.119 e. The Morgan fingerprint density at radius 1 is 1.44 bits per heavy atom. The molecule has 1 fully saturated rings. The standard InChI is InChI=1S/C15H24N2O/c1-16-15(13-7-8-13)11-17(2)10-12-5-4-6-14(9-12)18-3/h4-6,9,13,15-16H,7-8,10-11H2,1-3H3. The Morgan fingerprint density at radius 3 is 2.83 bits per heavy atom. The van der Waals surface area contributed by atoms with E-state index in [0.29, 0.717) is 6.04 Å². The number of rotatable bonds is 7. The number of methoxy groups -OCH3 is 1. The van der Waals surface area contributed by atoms with Crippen molar-refractivity contribution in [2.75, 3.05) is 27.7 Å². The Kier molecular flexibility index (Phi) is 4.61. The third-order valence-corrected chi connectivity index (χ3v) is 3.66. The fourth-order valence-electron chi connectivity index (χ4n) is 2.46. The average molecular weight is 248 g/mol. The van der Waals surface area contributed by atoms with Crippen LogP contribution in [0, 0.1) is 5.92 Å². The topological polar surface area (TPSA) is 24.5 Å². The molecule has 1 aromatic carbocycles. The number of nitrogens with one attached hydrogen (secondary N) is 1. The molecule has 1 aliphatic rings. The van der Waals surface area contributed by atoms with E-state index in [2.05, 4.69) is 42.5 Å². The van der Waals surface area contributed by atoms with Crippen molar-refractivity contribution in [2.24, 2.45) is 5.92 Å². The minimum absolute atomic E-state index is 0.639. The van der Waals surface area contributed by atoms with Gasteiger partial charge in [0.2, 0.25) is 0 Å². The Bertz CT molecular complexity index is 377. The number of ether oxygens (including phenoxy) is 1. The molecule has 0 amide bonds. The highest BCUT2D eigenvalue weighted by Gasteiger charge is 2.30. The SMILES string of the molecule is CNC(CN(C)Cc1cccc(OC)c1)C1CC1. The molecule has 0 aromatic heterocycles. The Labute approximate surface area is 110 Å². The van der Waals surface area contributed by atoms with Crippen molar-refractivity contribution in [1.29, 1.82) is 0 Å². The highest BCUT2D eigenvalue weighted by molar-refractivity contribution is 5.28. The van der Waals surface area contributed by atoms with Gasteiger partial charge in [0.25, 0.3) is 0 Å². The third kappa shape index (κ3) is 3.72. The second kappa shape index (κ2) is 6.21. The zero-order valence-electron chi connectivity index (χ0n) is 11.6. The van der Waals surface area contributed by atoms with E-state index in [1.807, 2.05) is 6.07 Å². The van der Waals surface area contributed by atoms with E-state index in [1.165, 1.54) is 18.4 Å². The quantitative estimate of drug-likeness (QED) is 0.800. The van der Waals surface area contributed by atoms with Gasteiger partial charge in [-0.25, -0.2) is 0 Å². The normalized spacial score (nSPS) is 16.9. The lowest BCUT2D eigenvalue weighted by Gasteiger charge is -2.23. The van der Waals surface area contributed by atoms with Crippen molar-refractivity contribution in [2.45, 2.75) is 25.4 Å². The summed E-state index contributed by atoms with van der Waals surface area (Å²) in [4.78, 5) is 2.38. The molecule has 0 bridgehead atoms. The molecule has 0 spiro atoms. The largest absolute Gasteiger partial charge is 0.497 e. The first-order chi connectivity index (χ1) is 8.72. The van der Waals surface area contributed by atoms with Gasteiger partial charge in [-0.15, -0.1) is 0 Å². The Morgan fingerprint density at radius 2 is 2.22 bits per heavy atom. The second-order valence-corrected chi connectivity index (χ2v) is 5.28. The fraction of sp³-hybridized carbons (Fsp3) is 0.600. The van der Waals surface area contributed by atoms with Crippen molar-refractivity contribution in [3.8, 4) is 5.75 Å². The van der Waals surface area contributed by atoms with Gasteiger partial charge in [0.15, 0.2) is 0 Å². The molecule has 18 heavy (non-hydrogen) atoms. The molecule has 100 valence electrons. The number of likely N-dealkylation sites (N-methyl/N-ethyl adjacent to an activating group) is 2. The van der Waals surface area contributed by atoms with E-state index in [4.69, 9.17) is 4.74 Å². The summed E-state index contributed by atoms with van der Waals surface area (Å²) in [5.41, 5.74) is 1.31. The molecule has 1 unspecified atom stereocenters. The van der Waals surface area contributed by atoms with Crippen LogP contribution in [0.15, 0.2) is 24.3 Å². The van der Waals surface area contributed by atoms with Crippen LogP contribution in [-0.4, -0.2) is 38.7 Å². The van der Waals surface area contributed by atoms with E-state index in [1.54, 1.807) is 7.11 Å². The number of benzene rings is 1. The van der Waals surface area contributed by atoms with Crippen molar-refractivity contribution < 1.29 is 4.74 Å². The van der Waals surface area contributed by atoms with Gasteiger partial charge in [0, 0.05) is 19.1 Å². The first-order valence-electron chi connectivity index (χ1n) is 6.71. The monoisotopic (exact) mass is 248 g/mol. The van der Waals surface area contributed by atoms with Crippen molar-refractivity contribution in [1.82, 2.24) is 10.2 Å². The molecule has 0 saturated heterocycles. The van der Waals surface area contributed by atoms with Crippen molar-refractivity contribution in [3.63, 3.8) is 0 Å². The third-order valence-electron chi connectivity index (χ3n) is 3.66. The van der Waals surface area contributed by atoms with Gasteiger partial charge in [-0.1, -0.05) is 12.1 Å². The van der Waals surface area contributed by atoms with Gasteiger partial charge >= 0.3 is 0 Å². The average Bonchev–Trinajstić information content (AvgIpc) is 3.20. The highest BCUT2D eigenvalue weighted by Crippen LogP contribution is 2.32. The summed E-state index contributed by atoms with van der Waals surface area (Å²) < 4.78 is 5.26. The number of nitrogens with zero attached hydrogens (tertiary/aromatic N) is 1. The molecular weight excluding hydrogens is 224 g/mol. The van der Waals surface area contributed by atoms with Crippen LogP contribution in [-0.2, 0) is 6.54 Å². The van der Waals surface area contributed by atoms with Crippen LogP contribution in [0.3, 0.4) is 0 Å². The first-order valence-corrected chi connectivity index (χ1v) is 6.71. The van der Waals surface area contributed by atoms with E-state index in [-0.39, 0.29) is 0 Å². The van der Waals surface area contributed by atoms with Crippen LogP contribution >= 0.6 is 0 Å². The predicted molar refractivity (Wildman–Crippen MR) is 74.9 cm³/mol. The lowest BCUT2D eigenvalue weighted by Crippen LogP contribution is -2.38. The molecular formula is C15H24N2O. The van der Waals surface area contributed by atoms with E-state index < -0.39 is 0 Å². The predicted octanol–water partition coefficient (Wildman–Crippen LogP) is 2.12. The van der Waals surface area contributed by atoms with E-state index in [0.717, 1.165) is 24.8 Å². The summed E-state index contributed by atoms with van der Waals surface area (Å²) in [7, 11) is 5.97. The van der Waals surface area contributed by atoms with Crippen LogP contribution in [0.2, 0.25) is 0 Å². The smallest absolute Gasteiger partial charge is 0.119 e. The van der Waals surface area contributed by atoms with Gasteiger partial charge in [-0.05, 0) is 50.6 Å². The Balaban J connectivity index is 1.87. The molecule has 0 heterocycles. The van der Waals surface area contributed by atoms with Crippen LogP contribution < -0.4 is 10.1 Å². The van der Waals surface area contributed by atoms with Gasteiger partial charge in [-0.2, -0.15) is 0 Å². The minimum atomic E-state index is 0.639. The number of hydrogen-bond donors (Lipinski definition) is 1. The molecule has 0 radical (unpaired) electrons. The van der Waals surface area contributed by atoms with Gasteiger partial charge in [0.05, 0.1) is 7.11 Å². The van der Waals surface area contributed by atoms with Gasteiger partial charge < -0.3 is 15.0 Å². The lowest BCUT2D eigenvalue weighted by molar-refractivity contribution is 0.273. The molecule has 3 nitrogen and oxygen atoms in total. The van der Waals surface area contributed by atoms with Gasteiger partial charge in [0.1, 0.15) is 5.75 Å². The molecule has 1 saturated carbocycles. The lowest BCUT2D eigenvalue weighted by atomic mass is 10.1. The molecule has 3 heteroatoms. The zero-order valence-corrected chi connectivity index (χ0v) is 11.6.